The zero-order chi connectivity index (χ0) is 47.9. The van der Waals surface area contributed by atoms with E-state index in [4.69, 9.17) is 14.2 Å². The fourth-order valence-corrected chi connectivity index (χ4v) is 7.21. The van der Waals surface area contributed by atoms with Crippen molar-refractivity contribution in [1.29, 1.82) is 0 Å². The minimum Gasteiger partial charge on any atom is -0.462 e. The summed E-state index contributed by atoms with van der Waals surface area (Å²) < 4.78 is 16.8. The summed E-state index contributed by atoms with van der Waals surface area (Å²) in [5.74, 6) is -0.923. The Kier molecular flexibility index (Phi) is 50.9. The molecule has 0 aliphatic rings. The summed E-state index contributed by atoms with van der Waals surface area (Å²) >= 11 is 0. The third-order valence-corrected chi connectivity index (χ3v) is 11.3. The van der Waals surface area contributed by atoms with Gasteiger partial charge in [-0.3, -0.25) is 14.4 Å². The molecule has 0 amide bonds. The summed E-state index contributed by atoms with van der Waals surface area (Å²) in [7, 11) is 0. The molecule has 6 heteroatoms. The van der Waals surface area contributed by atoms with Crippen molar-refractivity contribution in [3.63, 3.8) is 0 Å². The predicted molar refractivity (Wildman–Crippen MR) is 284 cm³/mol. The Morgan fingerprint density at radius 1 is 0.318 bits per heavy atom. The van der Waals surface area contributed by atoms with Gasteiger partial charge in [0, 0.05) is 19.3 Å². The Bertz CT molecular complexity index is 1330. The molecule has 0 aliphatic carbocycles. The molecule has 1 atom stereocenters. The molecular weight excluding hydrogens is 817 g/mol. The highest BCUT2D eigenvalue weighted by Gasteiger charge is 2.19. The lowest BCUT2D eigenvalue weighted by Crippen LogP contribution is -2.30. The Morgan fingerprint density at radius 2 is 0.591 bits per heavy atom. The standard InChI is InChI=1S/C60H100O6/c1-4-7-10-13-16-19-22-24-25-26-27-28-29-30-31-32-33-34-35-37-38-41-44-47-50-53-59(62)65-56-57(55-64-58(61)52-49-46-43-40-21-18-15-12-9-6-3)66-60(63)54-51-48-45-42-39-36-23-20-17-14-11-8-5-2/h7,10-12,14-16,19-20,23-25,27-28,30-31,57H,4-6,8-9,13,17-18,21-22,26,29,32-56H2,1-3H3/b10-7-,14-11-,15-12-,19-16-,23-20-,25-24-,28-27-,31-30-. The van der Waals surface area contributed by atoms with Crippen LogP contribution in [0.3, 0.4) is 0 Å². The van der Waals surface area contributed by atoms with Gasteiger partial charge in [-0.15, -0.1) is 0 Å². The van der Waals surface area contributed by atoms with Crippen LogP contribution in [0.2, 0.25) is 0 Å². The van der Waals surface area contributed by atoms with Crippen molar-refractivity contribution in [1.82, 2.24) is 0 Å². The van der Waals surface area contributed by atoms with E-state index in [0.29, 0.717) is 19.3 Å². The number of esters is 3. The van der Waals surface area contributed by atoms with E-state index in [9.17, 15) is 14.4 Å². The minimum atomic E-state index is -0.790. The van der Waals surface area contributed by atoms with Crippen molar-refractivity contribution in [2.45, 2.75) is 252 Å². The largest absolute Gasteiger partial charge is 0.462 e. The first-order valence-electron chi connectivity index (χ1n) is 27.2. The molecule has 0 bridgehead atoms. The van der Waals surface area contributed by atoms with E-state index in [1.165, 1.54) is 57.8 Å². The second kappa shape index (κ2) is 53.9. The number of carbonyl (C=O) groups excluding carboxylic acids is 3. The zero-order valence-electron chi connectivity index (χ0n) is 42.9. The first-order valence-corrected chi connectivity index (χ1v) is 27.2. The highest BCUT2D eigenvalue weighted by Crippen LogP contribution is 2.14. The lowest BCUT2D eigenvalue weighted by Gasteiger charge is -2.18. The van der Waals surface area contributed by atoms with Crippen molar-refractivity contribution >= 4 is 17.9 Å². The molecule has 6 nitrogen and oxygen atoms in total. The normalized spacial score (nSPS) is 12.8. The molecule has 0 fully saturated rings. The summed E-state index contributed by atoms with van der Waals surface area (Å²) in [6.07, 6.45) is 71.2. The molecule has 0 rings (SSSR count). The summed E-state index contributed by atoms with van der Waals surface area (Å²) in [6.45, 7) is 6.37. The smallest absolute Gasteiger partial charge is 0.306 e. The molecule has 0 N–H and O–H groups in total. The fraction of sp³-hybridized carbons (Fsp3) is 0.683. The topological polar surface area (TPSA) is 78.9 Å². The molecule has 0 radical (unpaired) electrons. The Hall–Kier alpha value is -3.67. The van der Waals surface area contributed by atoms with E-state index in [0.717, 1.165) is 148 Å². The van der Waals surface area contributed by atoms with E-state index in [1.54, 1.807) is 0 Å². The van der Waals surface area contributed by atoms with Crippen LogP contribution in [0.15, 0.2) is 97.2 Å². The molecular formula is C60H100O6. The van der Waals surface area contributed by atoms with E-state index in [2.05, 4.69) is 118 Å². The van der Waals surface area contributed by atoms with Gasteiger partial charge in [-0.2, -0.15) is 0 Å². The van der Waals surface area contributed by atoms with Gasteiger partial charge in [-0.25, -0.2) is 0 Å². The second-order valence-corrected chi connectivity index (χ2v) is 17.7. The van der Waals surface area contributed by atoms with Crippen LogP contribution in [0.1, 0.15) is 245 Å². The number of rotatable bonds is 48. The fourth-order valence-electron chi connectivity index (χ4n) is 7.21. The van der Waals surface area contributed by atoms with E-state index in [1.807, 2.05) is 0 Å². The average Bonchev–Trinajstić information content (AvgIpc) is 3.31. The summed E-state index contributed by atoms with van der Waals surface area (Å²) in [4.78, 5) is 38.0. The maximum atomic E-state index is 12.8. The monoisotopic (exact) mass is 917 g/mol. The molecule has 66 heavy (non-hydrogen) atoms. The molecule has 0 saturated heterocycles. The SMILES string of the molecule is CC/C=C\C/C=C\C/C=C\C/C=C\C/C=C\CCCCCCCCCCCC(=O)OCC(COC(=O)CCCCCCC/C=C\CCC)OC(=O)CCCCCCC/C=C\C/C=C\CCC. The number of hydrogen-bond donors (Lipinski definition) is 0. The maximum absolute atomic E-state index is 12.8. The summed E-state index contributed by atoms with van der Waals surface area (Å²) in [5, 5.41) is 0. The molecule has 376 valence electrons. The van der Waals surface area contributed by atoms with Gasteiger partial charge in [0.25, 0.3) is 0 Å². The van der Waals surface area contributed by atoms with Gasteiger partial charge in [0.2, 0.25) is 0 Å². The number of allylic oxidation sites excluding steroid dienone is 16. The van der Waals surface area contributed by atoms with Crippen LogP contribution in [0.25, 0.3) is 0 Å². The van der Waals surface area contributed by atoms with E-state index >= 15 is 0 Å². The van der Waals surface area contributed by atoms with Gasteiger partial charge in [0.15, 0.2) is 6.10 Å². The molecule has 1 unspecified atom stereocenters. The van der Waals surface area contributed by atoms with Gasteiger partial charge >= 0.3 is 17.9 Å². The lowest BCUT2D eigenvalue weighted by molar-refractivity contribution is -0.167. The zero-order valence-corrected chi connectivity index (χ0v) is 42.9. The highest BCUT2D eigenvalue weighted by atomic mass is 16.6. The minimum absolute atomic E-state index is 0.0897. The number of ether oxygens (including phenoxy) is 3. The maximum Gasteiger partial charge on any atom is 0.306 e. The summed E-state index contributed by atoms with van der Waals surface area (Å²) in [5.41, 5.74) is 0. The van der Waals surface area contributed by atoms with Crippen molar-refractivity contribution in [2.24, 2.45) is 0 Å². The van der Waals surface area contributed by atoms with Gasteiger partial charge in [-0.05, 0) is 109 Å². The van der Waals surface area contributed by atoms with Crippen LogP contribution >= 0.6 is 0 Å². The van der Waals surface area contributed by atoms with Crippen LogP contribution in [-0.4, -0.2) is 37.2 Å². The van der Waals surface area contributed by atoms with Gasteiger partial charge in [0.05, 0.1) is 0 Å². The summed E-state index contributed by atoms with van der Waals surface area (Å²) in [6, 6.07) is 0. The highest BCUT2D eigenvalue weighted by molar-refractivity contribution is 5.71. The molecule has 0 aromatic carbocycles. The van der Waals surface area contributed by atoms with Crippen LogP contribution < -0.4 is 0 Å². The number of carbonyl (C=O) groups is 3. The molecule has 0 heterocycles. The average molecular weight is 917 g/mol. The first kappa shape index (κ1) is 62.3. The number of unbranched alkanes of at least 4 members (excludes halogenated alkanes) is 21. The van der Waals surface area contributed by atoms with Gasteiger partial charge in [0.1, 0.15) is 13.2 Å². The van der Waals surface area contributed by atoms with Crippen molar-refractivity contribution < 1.29 is 28.6 Å². The molecule has 0 aromatic heterocycles. The molecule has 0 spiro atoms. The van der Waals surface area contributed by atoms with Crippen LogP contribution in [0.4, 0.5) is 0 Å². The second-order valence-electron chi connectivity index (χ2n) is 17.7. The van der Waals surface area contributed by atoms with Crippen LogP contribution in [0, 0.1) is 0 Å². The van der Waals surface area contributed by atoms with Crippen molar-refractivity contribution in [3.8, 4) is 0 Å². The molecule has 0 saturated carbocycles. The van der Waals surface area contributed by atoms with Crippen LogP contribution in [0.5, 0.6) is 0 Å². The lowest BCUT2D eigenvalue weighted by atomic mass is 10.1. The van der Waals surface area contributed by atoms with E-state index in [-0.39, 0.29) is 31.1 Å². The predicted octanol–water partition coefficient (Wildman–Crippen LogP) is 18.1. The Morgan fingerprint density at radius 3 is 0.955 bits per heavy atom. The third kappa shape index (κ3) is 51.3. The third-order valence-electron chi connectivity index (χ3n) is 11.3. The quantitative estimate of drug-likeness (QED) is 0.0262. The van der Waals surface area contributed by atoms with Crippen LogP contribution in [-0.2, 0) is 28.6 Å². The first-order chi connectivity index (χ1) is 32.5. The Labute approximate surface area is 407 Å². The molecule has 0 aromatic rings. The van der Waals surface area contributed by atoms with Gasteiger partial charge in [-0.1, -0.05) is 214 Å². The van der Waals surface area contributed by atoms with Crippen molar-refractivity contribution in [2.75, 3.05) is 13.2 Å². The van der Waals surface area contributed by atoms with E-state index < -0.39 is 6.10 Å². The number of hydrogen-bond acceptors (Lipinski definition) is 6. The Balaban J connectivity index is 4.28. The van der Waals surface area contributed by atoms with Crippen molar-refractivity contribution in [3.05, 3.63) is 97.2 Å². The molecule has 0 aliphatic heterocycles. The van der Waals surface area contributed by atoms with Gasteiger partial charge < -0.3 is 14.2 Å².